The fourth-order valence-corrected chi connectivity index (χ4v) is 3.51. The van der Waals surface area contributed by atoms with Gasteiger partial charge in [-0.3, -0.25) is 0 Å². The third-order valence-corrected chi connectivity index (χ3v) is 4.89. The first-order valence-electron chi connectivity index (χ1n) is 7.52. The fourth-order valence-electron chi connectivity index (χ4n) is 2.64. The molecule has 0 spiro atoms. The SMILES string of the molecule is CCN(CC)c1ccc2cc(-c3ccc(C)s3)c(=O)oc2c1. The molecule has 3 rings (SSSR count). The number of hydrogen-bond donors (Lipinski definition) is 0. The number of benzene rings is 1. The summed E-state index contributed by atoms with van der Waals surface area (Å²) in [5.41, 5.74) is 2.10. The molecule has 0 fully saturated rings. The van der Waals surface area contributed by atoms with Gasteiger partial charge in [0.25, 0.3) is 0 Å². The fraction of sp³-hybridized carbons (Fsp3) is 0.278. The highest BCUT2D eigenvalue weighted by atomic mass is 32.1. The lowest BCUT2D eigenvalue weighted by Gasteiger charge is -2.20. The molecule has 0 amide bonds. The Kier molecular flexibility index (Phi) is 4.03. The smallest absolute Gasteiger partial charge is 0.345 e. The van der Waals surface area contributed by atoms with Crippen molar-refractivity contribution in [3.63, 3.8) is 0 Å². The van der Waals surface area contributed by atoms with E-state index in [1.54, 1.807) is 11.3 Å². The molecule has 114 valence electrons. The van der Waals surface area contributed by atoms with Crippen LogP contribution in [0, 0.1) is 6.92 Å². The molecule has 0 N–H and O–H groups in total. The van der Waals surface area contributed by atoms with Crippen molar-refractivity contribution in [2.75, 3.05) is 18.0 Å². The highest BCUT2D eigenvalue weighted by molar-refractivity contribution is 7.15. The van der Waals surface area contributed by atoms with Crippen LogP contribution in [0.4, 0.5) is 5.69 Å². The molecule has 22 heavy (non-hydrogen) atoms. The van der Waals surface area contributed by atoms with Crippen molar-refractivity contribution in [2.45, 2.75) is 20.8 Å². The minimum Gasteiger partial charge on any atom is -0.422 e. The molecule has 0 bridgehead atoms. The van der Waals surface area contributed by atoms with Gasteiger partial charge in [-0.05, 0) is 51.1 Å². The maximum Gasteiger partial charge on any atom is 0.345 e. The van der Waals surface area contributed by atoms with Crippen LogP contribution in [-0.2, 0) is 0 Å². The van der Waals surface area contributed by atoms with Crippen LogP contribution in [0.15, 0.2) is 45.6 Å². The zero-order valence-electron chi connectivity index (χ0n) is 13.1. The molecular weight excluding hydrogens is 294 g/mol. The third kappa shape index (κ3) is 2.66. The standard InChI is InChI=1S/C18H19NO2S/c1-4-19(5-2)14-8-7-13-10-15(17-9-6-12(3)22-17)18(20)21-16(13)11-14/h6-11H,4-5H2,1-3H3. The summed E-state index contributed by atoms with van der Waals surface area (Å²) in [5.74, 6) is 0. The molecule has 0 radical (unpaired) electrons. The molecule has 3 nitrogen and oxygen atoms in total. The summed E-state index contributed by atoms with van der Waals surface area (Å²) in [6, 6.07) is 12.0. The van der Waals surface area contributed by atoms with Crippen LogP contribution in [0.25, 0.3) is 21.4 Å². The number of aryl methyl sites for hydroxylation is 1. The summed E-state index contributed by atoms with van der Waals surface area (Å²) in [5, 5.41) is 0.955. The first-order chi connectivity index (χ1) is 10.6. The van der Waals surface area contributed by atoms with Crippen molar-refractivity contribution in [3.8, 4) is 10.4 Å². The van der Waals surface area contributed by atoms with Crippen LogP contribution in [0.5, 0.6) is 0 Å². The summed E-state index contributed by atoms with van der Waals surface area (Å²) >= 11 is 1.61. The second kappa shape index (κ2) is 5.97. The largest absolute Gasteiger partial charge is 0.422 e. The molecule has 0 saturated heterocycles. The topological polar surface area (TPSA) is 33.5 Å². The summed E-state index contributed by atoms with van der Waals surface area (Å²) in [6.07, 6.45) is 0. The first kappa shape index (κ1) is 14.9. The number of rotatable bonds is 4. The van der Waals surface area contributed by atoms with Crippen LogP contribution in [0.3, 0.4) is 0 Å². The van der Waals surface area contributed by atoms with Gasteiger partial charge in [-0.1, -0.05) is 0 Å². The Morgan fingerprint density at radius 2 is 1.86 bits per heavy atom. The van der Waals surface area contributed by atoms with E-state index in [1.165, 1.54) is 4.88 Å². The second-order valence-corrected chi connectivity index (χ2v) is 6.54. The van der Waals surface area contributed by atoms with E-state index in [4.69, 9.17) is 4.42 Å². The van der Waals surface area contributed by atoms with Gasteiger partial charge in [-0.15, -0.1) is 11.3 Å². The minimum absolute atomic E-state index is 0.272. The van der Waals surface area contributed by atoms with E-state index in [-0.39, 0.29) is 5.63 Å². The summed E-state index contributed by atoms with van der Waals surface area (Å²) in [4.78, 5) is 16.7. The van der Waals surface area contributed by atoms with Crippen LogP contribution in [0.2, 0.25) is 0 Å². The van der Waals surface area contributed by atoms with Gasteiger partial charge < -0.3 is 9.32 Å². The monoisotopic (exact) mass is 313 g/mol. The van der Waals surface area contributed by atoms with Crippen molar-refractivity contribution < 1.29 is 4.42 Å². The lowest BCUT2D eigenvalue weighted by Crippen LogP contribution is -2.21. The molecule has 0 atom stereocenters. The number of fused-ring (bicyclic) bond motifs is 1. The predicted molar refractivity (Wildman–Crippen MR) is 94.1 cm³/mol. The number of thiophene rings is 1. The van der Waals surface area contributed by atoms with Gasteiger partial charge in [0.1, 0.15) is 5.58 Å². The summed E-state index contributed by atoms with van der Waals surface area (Å²) in [7, 11) is 0. The van der Waals surface area contributed by atoms with Gasteiger partial charge in [0.05, 0.1) is 5.56 Å². The van der Waals surface area contributed by atoms with Crippen LogP contribution in [-0.4, -0.2) is 13.1 Å². The lowest BCUT2D eigenvalue weighted by molar-refractivity contribution is 0.563. The molecule has 0 aliphatic carbocycles. The minimum atomic E-state index is -0.272. The van der Waals surface area contributed by atoms with Crippen molar-refractivity contribution in [3.05, 3.63) is 51.7 Å². The predicted octanol–water partition coefficient (Wildman–Crippen LogP) is 4.68. The molecule has 0 aliphatic rings. The zero-order chi connectivity index (χ0) is 15.7. The third-order valence-electron chi connectivity index (χ3n) is 3.85. The van der Waals surface area contributed by atoms with Crippen LogP contribution in [0.1, 0.15) is 18.7 Å². The van der Waals surface area contributed by atoms with Crippen LogP contribution >= 0.6 is 11.3 Å². The first-order valence-corrected chi connectivity index (χ1v) is 8.33. The van der Waals surface area contributed by atoms with Crippen molar-refractivity contribution >= 4 is 28.0 Å². The lowest BCUT2D eigenvalue weighted by atomic mass is 10.1. The zero-order valence-corrected chi connectivity index (χ0v) is 13.9. The normalized spacial score (nSPS) is 11.0. The Morgan fingerprint density at radius 1 is 1.09 bits per heavy atom. The average molecular weight is 313 g/mol. The number of hydrogen-bond acceptors (Lipinski definition) is 4. The van der Waals surface area contributed by atoms with Crippen LogP contribution < -0.4 is 10.5 Å². The number of anilines is 1. The second-order valence-electron chi connectivity index (χ2n) is 5.25. The van der Waals surface area contributed by atoms with Gasteiger partial charge in [0, 0.05) is 40.0 Å². The van der Waals surface area contributed by atoms with E-state index in [0.717, 1.165) is 29.0 Å². The molecule has 4 heteroatoms. The Bertz CT molecular complexity index is 859. The maximum atomic E-state index is 12.3. The Labute approximate surface area is 133 Å². The molecule has 0 saturated carbocycles. The van der Waals surface area contributed by atoms with Gasteiger partial charge in [-0.25, -0.2) is 4.79 Å². The van der Waals surface area contributed by atoms with E-state index >= 15 is 0 Å². The highest BCUT2D eigenvalue weighted by Gasteiger charge is 2.11. The highest BCUT2D eigenvalue weighted by Crippen LogP contribution is 2.29. The van der Waals surface area contributed by atoms with Gasteiger partial charge in [0.2, 0.25) is 0 Å². The molecule has 0 unspecified atom stereocenters. The molecule has 2 heterocycles. The van der Waals surface area contributed by atoms with Crippen molar-refractivity contribution in [1.82, 2.24) is 0 Å². The Hall–Kier alpha value is -2.07. The summed E-state index contributed by atoms with van der Waals surface area (Å²) < 4.78 is 5.56. The average Bonchev–Trinajstić information content (AvgIpc) is 2.94. The van der Waals surface area contributed by atoms with E-state index in [2.05, 4.69) is 24.8 Å². The van der Waals surface area contributed by atoms with Gasteiger partial charge in [-0.2, -0.15) is 0 Å². The molecule has 0 aliphatic heterocycles. The van der Waals surface area contributed by atoms with Crippen molar-refractivity contribution in [1.29, 1.82) is 0 Å². The van der Waals surface area contributed by atoms with E-state index in [9.17, 15) is 4.79 Å². The van der Waals surface area contributed by atoms with Gasteiger partial charge in [0.15, 0.2) is 0 Å². The molecule has 3 aromatic rings. The summed E-state index contributed by atoms with van der Waals surface area (Å²) in [6.45, 7) is 8.13. The van der Waals surface area contributed by atoms with E-state index < -0.39 is 0 Å². The Morgan fingerprint density at radius 3 is 2.50 bits per heavy atom. The van der Waals surface area contributed by atoms with Gasteiger partial charge >= 0.3 is 5.63 Å². The maximum absolute atomic E-state index is 12.3. The molecule has 2 aromatic heterocycles. The van der Waals surface area contributed by atoms with E-state index in [0.29, 0.717) is 11.1 Å². The molecule has 1 aromatic carbocycles. The van der Waals surface area contributed by atoms with E-state index in [1.807, 2.05) is 37.3 Å². The quantitative estimate of drug-likeness (QED) is 0.656. The Balaban J connectivity index is 2.12. The molecular formula is C18H19NO2S. The van der Waals surface area contributed by atoms with Crippen molar-refractivity contribution in [2.24, 2.45) is 0 Å². The number of nitrogens with zero attached hydrogens (tertiary/aromatic N) is 1.